The lowest BCUT2D eigenvalue weighted by atomic mass is 10.2. The fourth-order valence-electron chi connectivity index (χ4n) is 2.18. The normalized spacial score (nSPS) is 10.5. The Morgan fingerprint density at radius 2 is 2.15 bits per heavy atom. The van der Waals surface area contributed by atoms with E-state index in [0.717, 1.165) is 25.3 Å². The van der Waals surface area contributed by atoms with Crippen molar-refractivity contribution in [2.24, 2.45) is 0 Å². The van der Waals surface area contributed by atoms with Crippen molar-refractivity contribution in [1.29, 1.82) is 0 Å². The maximum Gasteiger partial charge on any atom is 0.292 e. The molecular weight excluding hydrogens is 256 g/mol. The van der Waals surface area contributed by atoms with Gasteiger partial charge in [-0.05, 0) is 19.4 Å². The zero-order valence-corrected chi connectivity index (χ0v) is 11.7. The van der Waals surface area contributed by atoms with Crippen LogP contribution in [0.5, 0.6) is 0 Å². The number of benzene rings is 1. The molecule has 0 fully saturated rings. The van der Waals surface area contributed by atoms with Gasteiger partial charge in [-0.3, -0.25) is 10.1 Å². The number of nitro benzene ring substituents is 1. The predicted octanol–water partition coefficient (Wildman–Crippen LogP) is 2.63. The maximum absolute atomic E-state index is 11.0. The summed E-state index contributed by atoms with van der Waals surface area (Å²) >= 11 is 0. The lowest BCUT2D eigenvalue weighted by molar-refractivity contribution is -0.384. The molecule has 1 heterocycles. The number of imidazole rings is 1. The van der Waals surface area contributed by atoms with Gasteiger partial charge in [0.2, 0.25) is 0 Å². The highest BCUT2D eigenvalue weighted by atomic mass is 16.6. The fourth-order valence-corrected chi connectivity index (χ4v) is 2.18. The molecule has 0 aliphatic heterocycles. The minimum atomic E-state index is -0.341. The molecule has 0 radical (unpaired) electrons. The Hall–Kier alpha value is -2.37. The summed E-state index contributed by atoms with van der Waals surface area (Å²) < 4.78 is 2.08. The highest BCUT2D eigenvalue weighted by Gasteiger charge is 2.15. The molecule has 0 bridgehead atoms. The van der Waals surface area contributed by atoms with Crippen molar-refractivity contribution in [2.45, 2.75) is 19.9 Å². The van der Waals surface area contributed by atoms with Crippen molar-refractivity contribution in [3.8, 4) is 0 Å². The number of rotatable bonds is 6. The molecule has 2 rings (SSSR count). The molecule has 1 aromatic heterocycles. The van der Waals surface area contributed by atoms with E-state index in [0.29, 0.717) is 5.69 Å². The number of nitrogens with zero attached hydrogens (tertiary/aromatic N) is 4. The zero-order chi connectivity index (χ0) is 14.5. The molecule has 106 valence electrons. The van der Waals surface area contributed by atoms with Gasteiger partial charge in [-0.15, -0.1) is 0 Å². The molecule has 20 heavy (non-hydrogen) atoms. The Bertz CT molecular complexity index is 594. The van der Waals surface area contributed by atoms with E-state index < -0.39 is 0 Å². The summed E-state index contributed by atoms with van der Waals surface area (Å²) in [6.45, 7) is 3.57. The summed E-state index contributed by atoms with van der Waals surface area (Å²) in [6, 6.07) is 6.82. The van der Waals surface area contributed by atoms with Gasteiger partial charge in [0.05, 0.1) is 4.92 Å². The van der Waals surface area contributed by atoms with E-state index in [9.17, 15) is 10.1 Å². The van der Waals surface area contributed by atoms with Crippen LogP contribution in [-0.4, -0.2) is 28.1 Å². The Kier molecular flexibility index (Phi) is 4.34. The Morgan fingerprint density at radius 3 is 2.80 bits per heavy atom. The molecule has 1 aromatic carbocycles. The molecule has 0 saturated carbocycles. The van der Waals surface area contributed by atoms with Crippen LogP contribution in [0, 0.1) is 17.0 Å². The molecule has 6 heteroatoms. The van der Waals surface area contributed by atoms with E-state index in [1.807, 2.05) is 31.1 Å². The third-order valence-electron chi connectivity index (χ3n) is 3.31. The van der Waals surface area contributed by atoms with Crippen molar-refractivity contribution in [1.82, 2.24) is 9.55 Å². The molecule has 0 unspecified atom stereocenters. The van der Waals surface area contributed by atoms with Gasteiger partial charge >= 0.3 is 0 Å². The monoisotopic (exact) mass is 274 g/mol. The van der Waals surface area contributed by atoms with Crippen LogP contribution >= 0.6 is 0 Å². The Morgan fingerprint density at radius 1 is 1.40 bits per heavy atom. The van der Waals surface area contributed by atoms with Gasteiger partial charge in [0.25, 0.3) is 5.69 Å². The number of anilines is 1. The van der Waals surface area contributed by atoms with Gasteiger partial charge in [-0.2, -0.15) is 0 Å². The first kappa shape index (κ1) is 14.0. The number of para-hydroxylation sites is 2. The van der Waals surface area contributed by atoms with Crippen LogP contribution in [0.4, 0.5) is 11.4 Å². The second-order valence-corrected chi connectivity index (χ2v) is 4.69. The van der Waals surface area contributed by atoms with E-state index in [1.54, 1.807) is 18.3 Å². The van der Waals surface area contributed by atoms with Crippen LogP contribution in [0.2, 0.25) is 0 Å². The van der Waals surface area contributed by atoms with E-state index in [1.165, 1.54) is 6.07 Å². The molecule has 0 spiro atoms. The molecule has 0 N–H and O–H groups in total. The van der Waals surface area contributed by atoms with Gasteiger partial charge < -0.3 is 9.47 Å². The van der Waals surface area contributed by atoms with Crippen LogP contribution < -0.4 is 4.90 Å². The van der Waals surface area contributed by atoms with Gasteiger partial charge in [0.15, 0.2) is 0 Å². The summed E-state index contributed by atoms with van der Waals surface area (Å²) in [5, 5.41) is 11.0. The average molecular weight is 274 g/mol. The third kappa shape index (κ3) is 3.14. The second kappa shape index (κ2) is 6.18. The smallest absolute Gasteiger partial charge is 0.292 e. The largest absolute Gasteiger partial charge is 0.369 e. The Balaban J connectivity index is 1.97. The predicted molar refractivity (Wildman–Crippen MR) is 77.9 cm³/mol. The minimum absolute atomic E-state index is 0.147. The SMILES string of the molecule is Cc1nccn1CCCN(C)c1ccccc1[N+](=O)[O-]. The molecule has 0 atom stereocenters. The molecule has 0 saturated heterocycles. The third-order valence-corrected chi connectivity index (χ3v) is 3.31. The van der Waals surface area contributed by atoms with E-state index in [4.69, 9.17) is 0 Å². The highest BCUT2D eigenvalue weighted by Crippen LogP contribution is 2.26. The second-order valence-electron chi connectivity index (χ2n) is 4.69. The molecular formula is C14H18N4O2. The summed E-state index contributed by atoms with van der Waals surface area (Å²) in [4.78, 5) is 16.7. The van der Waals surface area contributed by atoms with Crippen LogP contribution in [0.1, 0.15) is 12.2 Å². The van der Waals surface area contributed by atoms with Gasteiger partial charge in [-0.1, -0.05) is 12.1 Å². The van der Waals surface area contributed by atoms with Crippen molar-refractivity contribution in [3.63, 3.8) is 0 Å². The number of hydrogen-bond acceptors (Lipinski definition) is 4. The molecule has 6 nitrogen and oxygen atoms in total. The van der Waals surface area contributed by atoms with Crippen LogP contribution in [-0.2, 0) is 6.54 Å². The summed E-state index contributed by atoms with van der Waals surface area (Å²) in [5.41, 5.74) is 0.800. The first-order valence-electron chi connectivity index (χ1n) is 6.52. The first-order chi connectivity index (χ1) is 9.59. The van der Waals surface area contributed by atoms with Crippen molar-refractivity contribution < 1.29 is 4.92 Å². The summed E-state index contributed by atoms with van der Waals surface area (Å²) in [6.07, 6.45) is 4.63. The van der Waals surface area contributed by atoms with Crippen molar-refractivity contribution in [2.75, 3.05) is 18.5 Å². The lowest BCUT2D eigenvalue weighted by Gasteiger charge is -2.19. The number of aryl methyl sites for hydroxylation is 2. The average Bonchev–Trinajstić information content (AvgIpc) is 2.84. The standard InChI is InChI=1S/C14H18N4O2/c1-12-15-8-11-17(12)10-5-9-16(2)13-6-3-4-7-14(13)18(19)20/h3-4,6-8,11H,5,9-10H2,1-2H3. The molecule has 0 aliphatic rings. The van der Waals surface area contributed by atoms with E-state index >= 15 is 0 Å². The lowest BCUT2D eigenvalue weighted by Crippen LogP contribution is -2.21. The molecule has 0 amide bonds. The van der Waals surface area contributed by atoms with Crippen LogP contribution in [0.3, 0.4) is 0 Å². The summed E-state index contributed by atoms with van der Waals surface area (Å²) in [5.74, 6) is 0.985. The van der Waals surface area contributed by atoms with Crippen LogP contribution in [0.25, 0.3) is 0 Å². The Labute approximate surface area is 117 Å². The highest BCUT2D eigenvalue weighted by molar-refractivity contribution is 5.62. The fraction of sp³-hybridized carbons (Fsp3) is 0.357. The van der Waals surface area contributed by atoms with Crippen molar-refractivity contribution in [3.05, 3.63) is 52.6 Å². The van der Waals surface area contributed by atoms with E-state index in [2.05, 4.69) is 9.55 Å². The number of hydrogen-bond donors (Lipinski definition) is 0. The van der Waals surface area contributed by atoms with E-state index in [-0.39, 0.29) is 10.6 Å². The summed E-state index contributed by atoms with van der Waals surface area (Å²) in [7, 11) is 1.88. The van der Waals surface area contributed by atoms with Gasteiger partial charge in [0.1, 0.15) is 11.5 Å². The van der Waals surface area contributed by atoms with Gasteiger partial charge in [-0.25, -0.2) is 4.98 Å². The minimum Gasteiger partial charge on any atom is -0.369 e. The number of nitro groups is 1. The first-order valence-corrected chi connectivity index (χ1v) is 6.52. The number of aromatic nitrogens is 2. The molecule has 0 aliphatic carbocycles. The maximum atomic E-state index is 11.0. The topological polar surface area (TPSA) is 64.2 Å². The zero-order valence-electron chi connectivity index (χ0n) is 11.7. The van der Waals surface area contributed by atoms with Crippen LogP contribution in [0.15, 0.2) is 36.7 Å². The van der Waals surface area contributed by atoms with Gasteiger partial charge in [0, 0.05) is 38.6 Å². The quantitative estimate of drug-likeness (QED) is 0.600. The van der Waals surface area contributed by atoms with Crippen molar-refractivity contribution >= 4 is 11.4 Å². The molecule has 2 aromatic rings.